The zero-order valence-electron chi connectivity index (χ0n) is 15.7. The number of hydrogen-bond donors (Lipinski definition) is 2. The Hall–Kier alpha value is -2.73. The zero-order valence-corrected chi connectivity index (χ0v) is 15.7. The first-order chi connectivity index (χ1) is 13.2. The molecule has 0 unspecified atom stereocenters. The van der Waals surface area contributed by atoms with E-state index in [0.29, 0.717) is 18.8 Å². The second-order valence-electron chi connectivity index (χ2n) is 6.45. The van der Waals surface area contributed by atoms with Crippen molar-refractivity contribution in [2.24, 2.45) is 0 Å². The summed E-state index contributed by atoms with van der Waals surface area (Å²) in [7, 11) is 0. The van der Waals surface area contributed by atoms with Crippen molar-refractivity contribution in [3.8, 4) is 5.75 Å². The summed E-state index contributed by atoms with van der Waals surface area (Å²) in [5, 5.41) is 5.72. The van der Waals surface area contributed by atoms with Gasteiger partial charge in [0, 0.05) is 37.1 Å². The highest BCUT2D eigenvalue weighted by Gasteiger charge is 2.11. The van der Waals surface area contributed by atoms with E-state index in [1.165, 1.54) is 5.69 Å². The van der Waals surface area contributed by atoms with E-state index < -0.39 is 0 Å². The third-order valence-electron chi connectivity index (χ3n) is 4.33. The minimum Gasteiger partial charge on any atom is -0.494 e. The van der Waals surface area contributed by atoms with Crippen LogP contribution < -0.4 is 20.3 Å². The number of amides is 2. The second-order valence-corrected chi connectivity index (χ2v) is 6.45. The number of benzene rings is 2. The number of carbonyl (C=O) groups excluding carboxylic acids is 1. The van der Waals surface area contributed by atoms with Gasteiger partial charge in [-0.1, -0.05) is 25.1 Å². The number of carbonyl (C=O) groups is 1. The lowest BCUT2D eigenvalue weighted by Gasteiger charge is -2.28. The average Bonchev–Trinajstić information content (AvgIpc) is 2.72. The molecule has 2 aromatic carbocycles. The molecule has 0 aromatic heterocycles. The van der Waals surface area contributed by atoms with Gasteiger partial charge in [-0.05, 0) is 36.2 Å². The molecule has 0 aliphatic carbocycles. The zero-order chi connectivity index (χ0) is 18.9. The number of anilines is 2. The van der Waals surface area contributed by atoms with Crippen LogP contribution in [0.3, 0.4) is 0 Å². The molecule has 3 rings (SSSR count). The van der Waals surface area contributed by atoms with Gasteiger partial charge < -0.3 is 25.0 Å². The lowest BCUT2D eigenvalue weighted by Crippen LogP contribution is -2.36. The lowest BCUT2D eigenvalue weighted by atomic mass is 10.2. The molecular weight excluding hydrogens is 342 g/mol. The number of nitrogens with one attached hydrogen (secondary N) is 2. The molecule has 0 atom stereocenters. The van der Waals surface area contributed by atoms with Crippen LogP contribution in [-0.2, 0) is 11.3 Å². The summed E-state index contributed by atoms with van der Waals surface area (Å²) in [5.74, 6) is 0.758. The lowest BCUT2D eigenvalue weighted by molar-refractivity contribution is 0.122. The molecule has 1 aliphatic heterocycles. The average molecular weight is 369 g/mol. The van der Waals surface area contributed by atoms with Crippen molar-refractivity contribution >= 4 is 17.4 Å². The molecule has 144 valence electrons. The molecule has 0 bridgehead atoms. The molecule has 27 heavy (non-hydrogen) atoms. The Labute approximate surface area is 160 Å². The summed E-state index contributed by atoms with van der Waals surface area (Å²) in [6.07, 6.45) is 0.947. The fourth-order valence-electron chi connectivity index (χ4n) is 2.89. The van der Waals surface area contributed by atoms with E-state index in [0.717, 1.165) is 44.0 Å². The van der Waals surface area contributed by atoms with Crippen molar-refractivity contribution < 1.29 is 14.3 Å². The van der Waals surface area contributed by atoms with E-state index in [1.807, 2.05) is 36.4 Å². The van der Waals surface area contributed by atoms with E-state index in [-0.39, 0.29) is 6.03 Å². The molecule has 2 N–H and O–H groups in total. The third-order valence-corrected chi connectivity index (χ3v) is 4.33. The van der Waals surface area contributed by atoms with Crippen molar-refractivity contribution in [1.29, 1.82) is 0 Å². The molecule has 1 saturated heterocycles. The minimum atomic E-state index is -0.236. The van der Waals surface area contributed by atoms with Crippen LogP contribution >= 0.6 is 0 Å². The van der Waals surface area contributed by atoms with Crippen LogP contribution in [0.4, 0.5) is 16.2 Å². The predicted molar refractivity (Wildman–Crippen MR) is 108 cm³/mol. The maximum Gasteiger partial charge on any atom is 0.319 e. The molecule has 1 aliphatic rings. The van der Waals surface area contributed by atoms with Crippen LogP contribution in [0.15, 0.2) is 48.5 Å². The fraction of sp³-hybridized carbons (Fsp3) is 0.381. The first kappa shape index (κ1) is 19.0. The van der Waals surface area contributed by atoms with Crippen molar-refractivity contribution in [2.75, 3.05) is 43.1 Å². The summed E-state index contributed by atoms with van der Waals surface area (Å²) in [5.41, 5.74) is 2.96. The molecule has 0 radical (unpaired) electrons. The highest BCUT2D eigenvalue weighted by atomic mass is 16.5. The Balaban J connectivity index is 1.47. The summed E-state index contributed by atoms with van der Waals surface area (Å²) >= 11 is 0. The molecule has 2 aromatic rings. The Morgan fingerprint density at radius 2 is 1.93 bits per heavy atom. The van der Waals surface area contributed by atoms with E-state index in [9.17, 15) is 4.79 Å². The van der Waals surface area contributed by atoms with Gasteiger partial charge in [0.2, 0.25) is 0 Å². The molecule has 0 saturated carbocycles. The third kappa shape index (κ3) is 5.89. The Bertz CT molecular complexity index is 728. The summed E-state index contributed by atoms with van der Waals surface area (Å²) in [6, 6.07) is 15.5. The molecule has 1 heterocycles. The monoisotopic (exact) mass is 369 g/mol. The maximum absolute atomic E-state index is 12.1. The van der Waals surface area contributed by atoms with Gasteiger partial charge in [-0.2, -0.15) is 0 Å². The van der Waals surface area contributed by atoms with Crippen LogP contribution in [0.1, 0.15) is 18.9 Å². The Kier molecular flexibility index (Phi) is 6.93. The van der Waals surface area contributed by atoms with E-state index >= 15 is 0 Å². The Morgan fingerprint density at radius 3 is 2.67 bits per heavy atom. The second kappa shape index (κ2) is 9.83. The van der Waals surface area contributed by atoms with Crippen molar-refractivity contribution in [3.05, 3.63) is 54.1 Å². The topological polar surface area (TPSA) is 62.8 Å². The number of ether oxygens (including phenoxy) is 2. The summed E-state index contributed by atoms with van der Waals surface area (Å²) < 4.78 is 11.0. The van der Waals surface area contributed by atoms with Gasteiger partial charge in [-0.3, -0.25) is 0 Å². The van der Waals surface area contributed by atoms with Gasteiger partial charge in [0.1, 0.15) is 5.75 Å². The summed E-state index contributed by atoms with van der Waals surface area (Å²) in [4.78, 5) is 14.4. The van der Waals surface area contributed by atoms with Crippen molar-refractivity contribution in [2.45, 2.75) is 19.9 Å². The minimum absolute atomic E-state index is 0.236. The van der Waals surface area contributed by atoms with E-state index in [4.69, 9.17) is 9.47 Å². The van der Waals surface area contributed by atoms with Crippen molar-refractivity contribution in [1.82, 2.24) is 5.32 Å². The van der Waals surface area contributed by atoms with Crippen molar-refractivity contribution in [3.63, 3.8) is 0 Å². The van der Waals surface area contributed by atoms with Gasteiger partial charge in [0.05, 0.1) is 19.8 Å². The smallest absolute Gasteiger partial charge is 0.319 e. The number of rotatable bonds is 7. The van der Waals surface area contributed by atoms with Gasteiger partial charge in [0.15, 0.2) is 0 Å². The predicted octanol–water partition coefficient (Wildman–Crippen LogP) is 3.63. The normalized spacial score (nSPS) is 13.9. The van der Waals surface area contributed by atoms with Gasteiger partial charge >= 0.3 is 6.03 Å². The number of nitrogens with zero attached hydrogens (tertiary/aromatic N) is 1. The molecule has 1 fully saturated rings. The number of urea groups is 1. The van der Waals surface area contributed by atoms with Gasteiger partial charge in [0.25, 0.3) is 0 Å². The largest absolute Gasteiger partial charge is 0.494 e. The van der Waals surface area contributed by atoms with Crippen LogP contribution in [0.5, 0.6) is 5.75 Å². The highest BCUT2D eigenvalue weighted by molar-refractivity contribution is 5.89. The molecule has 0 spiro atoms. The van der Waals surface area contributed by atoms with E-state index in [2.05, 4.69) is 34.6 Å². The highest BCUT2D eigenvalue weighted by Crippen LogP contribution is 2.18. The molecule has 6 nitrogen and oxygen atoms in total. The maximum atomic E-state index is 12.1. The van der Waals surface area contributed by atoms with Crippen LogP contribution in [-0.4, -0.2) is 38.9 Å². The molecule has 6 heteroatoms. The van der Waals surface area contributed by atoms with E-state index in [1.54, 1.807) is 0 Å². The SMILES string of the molecule is CCCOc1cccc(NC(=O)NCc2ccc(N3CCOCC3)cc2)c1. The first-order valence-electron chi connectivity index (χ1n) is 9.44. The summed E-state index contributed by atoms with van der Waals surface area (Å²) in [6.45, 7) is 6.57. The first-order valence-corrected chi connectivity index (χ1v) is 9.44. The molecule has 2 amide bonds. The number of morpholine rings is 1. The molecular formula is C21H27N3O3. The standard InChI is InChI=1S/C21H27N3O3/c1-2-12-27-20-5-3-4-18(15-20)23-21(25)22-16-17-6-8-19(9-7-17)24-10-13-26-14-11-24/h3-9,15H,2,10-14,16H2,1H3,(H2,22,23,25). The number of hydrogen-bond acceptors (Lipinski definition) is 4. The van der Waals surface area contributed by atoms with Crippen LogP contribution in [0.25, 0.3) is 0 Å². The van der Waals surface area contributed by atoms with Crippen LogP contribution in [0, 0.1) is 0 Å². The van der Waals surface area contributed by atoms with Gasteiger partial charge in [-0.25, -0.2) is 4.79 Å². The van der Waals surface area contributed by atoms with Crippen LogP contribution in [0.2, 0.25) is 0 Å². The quantitative estimate of drug-likeness (QED) is 0.782. The van der Waals surface area contributed by atoms with Gasteiger partial charge in [-0.15, -0.1) is 0 Å². The fourth-order valence-corrected chi connectivity index (χ4v) is 2.89. The Morgan fingerprint density at radius 1 is 1.15 bits per heavy atom.